The molecule has 3 nitrogen and oxygen atoms in total. The lowest BCUT2D eigenvalue weighted by molar-refractivity contribution is 0.210. The van der Waals surface area contributed by atoms with Crippen LogP contribution in [0.3, 0.4) is 0 Å². The number of para-hydroxylation sites is 1. The van der Waals surface area contributed by atoms with Gasteiger partial charge in [0.05, 0.1) is 7.11 Å². The summed E-state index contributed by atoms with van der Waals surface area (Å²) in [4.78, 5) is 2.45. The van der Waals surface area contributed by atoms with E-state index in [0.29, 0.717) is 6.04 Å². The van der Waals surface area contributed by atoms with E-state index in [-0.39, 0.29) is 6.61 Å². The Balaban J connectivity index is 2.00. The summed E-state index contributed by atoms with van der Waals surface area (Å²) in [6.45, 7) is 2.17. The Morgan fingerprint density at radius 1 is 1.35 bits per heavy atom. The lowest BCUT2D eigenvalue weighted by Gasteiger charge is -2.22. The highest BCUT2D eigenvalue weighted by atomic mass is 16.5. The third kappa shape index (κ3) is 3.45. The SMILES string of the molecule is COc1ccccc1CN(CCCO)C1CC1. The van der Waals surface area contributed by atoms with Crippen molar-refractivity contribution in [3.63, 3.8) is 0 Å². The largest absolute Gasteiger partial charge is 0.496 e. The molecule has 0 bridgehead atoms. The van der Waals surface area contributed by atoms with Gasteiger partial charge in [-0.25, -0.2) is 0 Å². The number of benzene rings is 1. The molecule has 1 aromatic carbocycles. The van der Waals surface area contributed by atoms with Crippen LogP contribution in [0.5, 0.6) is 5.75 Å². The van der Waals surface area contributed by atoms with Crippen molar-refractivity contribution in [2.75, 3.05) is 20.3 Å². The highest BCUT2D eigenvalue weighted by molar-refractivity contribution is 5.33. The van der Waals surface area contributed by atoms with E-state index in [1.807, 2.05) is 12.1 Å². The second-order valence-corrected chi connectivity index (χ2v) is 4.59. The summed E-state index contributed by atoms with van der Waals surface area (Å²) in [6.07, 6.45) is 3.44. The molecular weight excluding hydrogens is 214 g/mol. The molecule has 0 heterocycles. The Bertz CT molecular complexity index is 350. The number of hydrogen-bond acceptors (Lipinski definition) is 3. The van der Waals surface area contributed by atoms with Crippen LogP contribution in [0.2, 0.25) is 0 Å². The second-order valence-electron chi connectivity index (χ2n) is 4.59. The van der Waals surface area contributed by atoms with Crippen molar-refractivity contribution >= 4 is 0 Å². The standard InChI is InChI=1S/C14H21NO2/c1-17-14-6-3-2-5-12(14)11-15(9-4-10-16)13-7-8-13/h2-3,5-6,13,16H,4,7-11H2,1H3. The molecule has 1 aliphatic carbocycles. The highest BCUT2D eigenvalue weighted by Crippen LogP contribution is 2.30. The summed E-state index contributed by atoms with van der Waals surface area (Å²) in [7, 11) is 1.72. The number of nitrogens with zero attached hydrogens (tertiary/aromatic N) is 1. The Morgan fingerprint density at radius 3 is 2.76 bits per heavy atom. The van der Waals surface area contributed by atoms with Crippen molar-refractivity contribution in [1.82, 2.24) is 4.90 Å². The molecule has 0 amide bonds. The van der Waals surface area contributed by atoms with Crippen LogP contribution in [0, 0.1) is 0 Å². The van der Waals surface area contributed by atoms with E-state index in [4.69, 9.17) is 9.84 Å². The first-order valence-corrected chi connectivity index (χ1v) is 6.32. The van der Waals surface area contributed by atoms with E-state index in [9.17, 15) is 0 Å². The van der Waals surface area contributed by atoms with Crippen molar-refractivity contribution < 1.29 is 9.84 Å². The van der Waals surface area contributed by atoms with Gasteiger partial charge in [0.25, 0.3) is 0 Å². The van der Waals surface area contributed by atoms with Crippen molar-refractivity contribution in [3.8, 4) is 5.75 Å². The summed E-state index contributed by atoms with van der Waals surface area (Å²) < 4.78 is 5.37. The van der Waals surface area contributed by atoms with Crippen molar-refractivity contribution in [3.05, 3.63) is 29.8 Å². The number of hydrogen-bond donors (Lipinski definition) is 1. The zero-order chi connectivity index (χ0) is 12.1. The average Bonchev–Trinajstić information content (AvgIpc) is 3.19. The lowest BCUT2D eigenvalue weighted by Crippen LogP contribution is -2.27. The maximum atomic E-state index is 8.93. The first kappa shape index (κ1) is 12.4. The molecule has 94 valence electrons. The van der Waals surface area contributed by atoms with Gasteiger partial charge in [0, 0.05) is 31.3 Å². The average molecular weight is 235 g/mol. The molecule has 2 rings (SSSR count). The third-order valence-electron chi connectivity index (χ3n) is 3.23. The fraction of sp³-hybridized carbons (Fsp3) is 0.571. The maximum Gasteiger partial charge on any atom is 0.123 e. The van der Waals surface area contributed by atoms with E-state index in [1.54, 1.807) is 7.11 Å². The Morgan fingerprint density at radius 2 is 2.12 bits per heavy atom. The quantitative estimate of drug-likeness (QED) is 0.785. The monoisotopic (exact) mass is 235 g/mol. The minimum absolute atomic E-state index is 0.273. The molecule has 0 atom stereocenters. The first-order chi connectivity index (χ1) is 8.35. The van der Waals surface area contributed by atoms with Crippen LogP contribution in [0.15, 0.2) is 24.3 Å². The zero-order valence-electron chi connectivity index (χ0n) is 10.4. The van der Waals surface area contributed by atoms with Crippen LogP contribution in [0.25, 0.3) is 0 Å². The third-order valence-corrected chi connectivity index (χ3v) is 3.23. The summed E-state index contributed by atoms with van der Waals surface area (Å²) in [5, 5.41) is 8.93. The van der Waals surface area contributed by atoms with Crippen LogP contribution in [-0.2, 0) is 6.54 Å². The van der Waals surface area contributed by atoms with Gasteiger partial charge in [0.15, 0.2) is 0 Å². The molecule has 1 fully saturated rings. The summed E-state index contributed by atoms with van der Waals surface area (Å²) in [5.74, 6) is 0.960. The van der Waals surface area contributed by atoms with Crippen molar-refractivity contribution in [2.24, 2.45) is 0 Å². The molecule has 1 aromatic rings. The molecular formula is C14H21NO2. The smallest absolute Gasteiger partial charge is 0.123 e. The molecule has 0 aliphatic heterocycles. The van der Waals surface area contributed by atoms with E-state index < -0.39 is 0 Å². The molecule has 0 saturated heterocycles. The van der Waals surface area contributed by atoms with Crippen molar-refractivity contribution in [2.45, 2.75) is 31.8 Å². The molecule has 0 aromatic heterocycles. The topological polar surface area (TPSA) is 32.7 Å². The van der Waals surface area contributed by atoms with Crippen LogP contribution in [0.1, 0.15) is 24.8 Å². The van der Waals surface area contributed by atoms with Gasteiger partial charge in [-0.15, -0.1) is 0 Å². The molecule has 1 aliphatic rings. The van der Waals surface area contributed by atoms with Gasteiger partial charge in [-0.3, -0.25) is 4.90 Å². The fourth-order valence-electron chi connectivity index (χ4n) is 2.16. The molecule has 17 heavy (non-hydrogen) atoms. The minimum Gasteiger partial charge on any atom is -0.496 e. The summed E-state index contributed by atoms with van der Waals surface area (Å²) >= 11 is 0. The van der Waals surface area contributed by atoms with Gasteiger partial charge >= 0.3 is 0 Å². The van der Waals surface area contributed by atoms with Gasteiger partial charge < -0.3 is 9.84 Å². The Hall–Kier alpha value is -1.06. The van der Waals surface area contributed by atoms with Gasteiger partial charge in [0.2, 0.25) is 0 Å². The van der Waals surface area contributed by atoms with Gasteiger partial charge in [-0.05, 0) is 25.3 Å². The lowest BCUT2D eigenvalue weighted by atomic mass is 10.2. The normalized spacial score (nSPS) is 15.2. The Labute approximate surface area is 103 Å². The number of aliphatic hydroxyl groups is 1. The van der Waals surface area contributed by atoms with Gasteiger partial charge in [-0.2, -0.15) is 0 Å². The van der Waals surface area contributed by atoms with Crippen LogP contribution in [-0.4, -0.2) is 36.3 Å². The van der Waals surface area contributed by atoms with Gasteiger partial charge in [-0.1, -0.05) is 18.2 Å². The molecule has 1 N–H and O–H groups in total. The van der Waals surface area contributed by atoms with Crippen LogP contribution < -0.4 is 4.74 Å². The maximum absolute atomic E-state index is 8.93. The zero-order valence-corrected chi connectivity index (χ0v) is 10.4. The fourth-order valence-corrected chi connectivity index (χ4v) is 2.16. The number of rotatable bonds is 7. The highest BCUT2D eigenvalue weighted by Gasteiger charge is 2.28. The second kappa shape index (κ2) is 6.03. The van der Waals surface area contributed by atoms with Gasteiger partial charge in [0.1, 0.15) is 5.75 Å². The van der Waals surface area contributed by atoms with E-state index in [0.717, 1.165) is 25.3 Å². The number of methoxy groups -OCH3 is 1. The Kier molecular flexibility index (Phi) is 4.40. The molecule has 0 spiro atoms. The number of ether oxygens (including phenoxy) is 1. The van der Waals surface area contributed by atoms with Crippen molar-refractivity contribution in [1.29, 1.82) is 0 Å². The van der Waals surface area contributed by atoms with Crippen LogP contribution in [0.4, 0.5) is 0 Å². The summed E-state index contributed by atoms with van der Waals surface area (Å²) in [5.41, 5.74) is 1.24. The minimum atomic E-state index is 0.273. The molecule has 3 heteroatoms. The van der Waals surface area contributed by atoms with E-state index >= 15 is 0 Å². The predicted molar refractivity (Wildman–Crippen MR) is 68.1 cm³/mol. The van der Waals surface area contributed by atoms with Crippen LogP contribution >= 0.6 is 0 Å². The van der Waals surface area contributed by atoms with E-state index in [1.165, 1.54) is 18.4 Å². The predicted octanol–water partition coefficient (Wildman–Crippen LogP) is 2.04. The first-order valence-electron chi connectivity index (χ1n) is 6.32. The molecule has 0 radical (unpaired) electrons. The molecule has 0 unspecified atom stereocenters. The number of aliphatic hydroxyl groups excluding tert-OH is 1. The van der Waals surface area contributed by atoms with E-state index in [2.05, 4.69) is 17.0 Å². The molecule has 1 saturated carbocycles. The summed E-state index contributed by atoms with van der Waals surface area (Å²) in [6, 6.07) is 8.89.